The van der Waals surface area contributed by atoms with Crippen LogP contribution in [-0.4, -0.2) is 34.6 Å². The number of hydrogen-bond acceptors (Lipinski definition) is 4. The summed E-state index contributed by atoms with van der Waals surface area (Å²) in [5.41, 5.74) is 1.12. The third-order valence-electron chi connectivity index (χ3n) is 3.09. The molecule has 1 aliphatic heterocycles. The van der Waals surface area contributed by atoms with E-state index in [0.29, 0.717) is 12.3 Å². The van der Waals surface area contributed by atoms with Crippen LogP contribution < -0.4 is 0 Å². The number of carbonyl (C=O) groups is 1. The number of nitrogens with zero attached hydrogens (tertiary/aromatic N) is 2. The van der Waals surface area contributed by atoms with E-state index in [1.807, 2.05) is 4.90 Å². The molecule has 1 fully saturated rings. The van der Waals surface area contributed by atoms with Crippen molar-refractivity contribution in [2.24, 2.45) is 5.92 Å². The van der Waals surface area contributed by atoms with Gasteiger partial charge in [-0.2, -0.15) is 12.6 Å². The molecular formula is C12H18N2OS2. The Morgan fingerprint density at radius 3 is 3.06 bits per heavy atom. The van der Waals surface area contributed by atoms with E-state index >= 15 is 0 Å². The molecule has 1 aliphatic rings. The van der Waals surface area contributed by atoms with Crippen LogP contribution in [0.4, 0.5) is 0 Å². The molecule has 5 heteroatoms. The number of carbonyl (C=O) groups excluding carboxylic acids is 1. The van der Waals surface area contributed by atoms with Gasteiger partial charge in [-0.3, -0.25) is 4.79 Å². The normalized spacial score (nSPS) is 20.2. The molecule has 2 heterocycles. The average molecular weight is 270 g/mol. The van der Waals surface area contributed by atoms with Crippen molar-refractivity contribution < 1.29 is 4.79 Å². The summed E-state index contributed by atoms with van der Waals surface area (Å²) < 4.78 is 0. The fourth-order valence-electron chi connectivity index (χ4n) is 2.07. The van der Waals surface area contributed by atoms with Crippen LogP contribution >= 0.6 is 24.0 Å². The topological polar surface area (TPSA) is 33.2 Å². The molecule has 94 valence electrons. The fourth-order valence-corrected chi connectivity index (χ4v) is 3.09. The van der Waals surface area contributed by atoms with Crippen LogP contribution in [-0.2, 0) is 17.6 Å². The lowest BCUT2D eigenvalue weighted by atomic mass is 10.1. The number of thiol groups is 1. The third-order valence-corrected chi connectivity index (χ3v) is 4.65. The number of hydrogen-bond donors (Lipinski definition) is 1. The van der Waals surface area contributed by atoms with E-state index < -0.39 is 0 Å². The zero-order valence-electron chi connectivity index (χ0n) is 10.1. The molecule has 0 aromatic carbocycles. The summed E-state index contributed by atoms with van der Waals surface area (Å²) in [6.07, 6.45) is 2.54. The summed E-state index contributed by atoms with van der Waals surface area (Å²) >= 11 is 5.97. The first-order chi connectivity index (χ1) is 8.22. The number of aryl methyl sites for hydroxylation is 1. The predicted octanol–water partition coefficient (Wildman–Crippen LogP) is 2.03. The molecule has 1 unspecified atom stereocenters. The van der Waals surface area contributed by atoms with E-state index in [0.717, 1.165) is 37.4 Å². The SMILES string of the molecule is CCc1nc(CCN2CC(CS)CC2=O)cs1. The maximum absolute atomic E-state index is 11.7. The minimum atomic E-state index is 0.273. The predicted molar refractivity (Wildman–Crippen MR) is 73.7 cm³/mol. The van der Waals surface area contributed by atoms with Gasteiger partial charge in [0, 0.05) is 31.3 Å². The molecule has 0 radical (unpaired) electrons. The van der Waals surface area contributed by atoms with Crippen molar-refractivity contribution in [3.63, 3.8) is 0 Å². The molecule has 1 aromatic rings. The quantitative estimate of drug-likeness (QED) is 0.831. The second kappa shape index (κ2) is 5.87. The molecule has 0 bridgehead atoms. The van der Waals surface area contributed by atoms with Gasteiger partial charge in [-0.15, -0.1) is 11.3 Å². The summed E-state index contributed by atoms with van der Waals surface area (Å²) in [7, 11) is 0. The van der Waals surface area contributed by atoms with E-state index in [1.165, 1.54) is 5.01 Å². The monoisotopic (exact) mass is 270 g/mol. The van der Waals surface area contributed by atoms with Crippen molar-refractivity contribution in [3.8, 4) is 0 Å². The van der Waals surface area contributed by atoms with Gasteiger partial charge in [0.1, 0.15) is 0 Å². The molecule has 1 aromatic heterocycles. The van der Waals surface area contributed by atoms with Gasteiger partial charge in [0.2, 0.25) is 5.91 Å². The van der Waals surface area contributed by atoms with Crippen molar-refractivity contribution in [3.05, 3.63) is 16.1 Å². The second-order valence-corrected chi connectivity index (χ2v) is 5.74. The minimum absolute atomic E-state index is 0.273. The number of thiazole rings is 1. The Morgan fingerprint density at radius 1 is 1.65 bits per heavy atom. The van der Waals surface area contributed by atoms with Gasteiger partial charge in [0.25, 0.3) is 0 Å². The first kappa shape index (κ1) is 12.9. The molecule has 0 saturated carbocycles. The second-order valence-electron chi connectivity index (χ2n) is 4.43. The zero-order valence-corrected chi connectivity index (χ0v) is 11.8. The summed E-state index contributed by atoms with van der Waals surface area (Å²) in [4.78, 5) is 18.2. The highest BCUT2D eigenvalue weighted by atomic mass is 32.1. The summed E-state index contributed by atoms with van der Waals surface area (Å²) in [5, 5.41) is 3.29. The molecule has 17 heavy (non-hydrogen) atoms. The van der Waals surface area contributed by atoms with Crippen LogP contribution in [0.5, 0.6) is 0 Å². The lowest BCUT2D eigenvalue weighted by Crippen LogP contribution is -2.27. The van der Waals surface area contributed by atoms with Crippen molar-refractivity contribution in [2.45, 2.75) is 26.2 Å². The lowest BCUT2D eigenvalue weighted by Gasteiger charge is -2.15. The van der Waals surface area contributed by atoms with Gasteiger partial charge in [-0.1, -0.05) is 6.92 Å². The summed E-state index contributed by atoms with van der Waals surface area (Å²) in [5.74, 6) is 1.52. The van der Waals surface area contributed by atoms with E-state index in [-0.39, 0.29) is 5.91 Å². The smallest absolute Gasteiger partial charge is 0.222 e. The van der Waals surface area contributed by atoms with Gasteiger partial charge in [0.15, 0.2) is 0 Å². The van der Waals surface area contributed by atoms with Crippen LogP contribution in [0.3, 0.4) is 0 Å². The Hall–Kier alpha value is -0.550. The number of aromatic nitrogens is 1. The van der Waals surface area contributed by atoms with Gasteiger partial charge >= 0.3 is 0 Å². The van der Waals surface area contributed by atoms with Gasteiger partial charge in [-0.05, 0) is 18.1 Å². The maximum Gasteiger partial charge on any atom is 0.222 e. The molecule has 3 nitrogen and oxygen atoms in total. The Balaban J connectivity index is 1.84. The van der Waals surface area contributed by atoms with Crippen molar-refractivity contribution in [1.29, 1.82) is 0 Å². The molecule has 1 amide bonds. The Kier molecular flexibility index (Phi) is 4.45. The highest BCUT2D eigenvalue weighted by Crippen LogP contribution is 2.19. The van der Waals surface area contributed by atoms with Crippen molar-refractivity contribution in [2.75, 3.05) is 18.8 Å². The van der Waals surface area contributed by atoms with Gasteiger partial charge < -0.3 is 4.90 Å². The number of amides is 1. The van der Waals surface area contributed by atoms with Crippen LogP contribution in [0.15, 0.2) is 5.38 Å². The van der Waals surface area contributed by atoms with Gasteiger partial charge in [0.05, 0.1) is 10.7 Å². The zero-order chi connectivity index (χ0) is 12.3. The van der Waals surface area contributed by atoms with Crippen molar-refractivity contribution in [1.82, 2.24) is 9.88 Å². The third kappa shape index (κ3) is 3.22. The van der Waals surface area contributed by atoms with Crippen LogP contribution in [0.25, 0.3) is 0 Å². The van der Waals surface area contributed by atoms with Crippen LogP contribution in [0, 0.1) is 5.92 Å². The number of rotatable bonds is 5. The molecule has 0 N–H and O–H groups in total. The van der Waals surface area contributed by atoms with Crippen LogP contribution in [0.2, 0.25) is 0 Å². The average Bonchev–Trinajstić information content (AvgIpc) is 2.93. The number of likely N-dealkylation sites (tertiary alicyclic amines) is 1. The first-order valence-corrected chi connectivity index (χ1v) is 7.56. The van der Waals surface area contributed by atoms with E-state index in [2.05, 4.69) is 29.9 Å². The van der Waals surface area contributed by atoms with Crippen molar-refractivity contribution >= 4 is 29.9 Å². The van der Waals surface area contributed by atoms with Gasteiger partial charge in [-0.25, -0.2) is 4.98 Å². The molecule has 1 atom stereocenters. The summed E-state index contributed by atoms with van der Waals surface area (Å²) in [6.45, 7) is 3.78. The molecular weight excluding hydrogens is 252 g/mol. The van der Waals surface area contributed by atoms with Crippen LogP contribution in [0.1, 0.15) is 24.0 Å². The Morgan fingerprint density at radius 2 is 2.47 bits per heavy atom. The Bertz CT molecular complexity index is 392. The fraction of sp³-hybridized carbons (Fsp3) is 0.667. The maximum atomic E-state index is 11.7. The largest absolute Gasteiger partial charge is 0.342 e. The Labute approximate surface area is 112 Å². The summed E-state index contributed by atoms with van der Waals surface area (Å²) in [6, 6.07) is 0. The first-order valence-electron chi connectivity index (χ1n) is 6.04. The van der Waals surface area contributed by atoms with E-state index in [4.69, 9.17) is 0 Å². The van der Waals surface area contributed by atoms with E-state index in [1.54, 1.807) is 11.3 Å². The molecule has 2 rings (SSSR count). The standard InChI is InChI=1S/C12H18N2OS2/c1-2-11-13-10(8-17-11)3-4-14-6-9(7-16)5-12(14)15/h8-9,16H,2-7H2,1H3. The highest BCUT2D eigenvalue weighted by molar-refractivity contribution is 7.80. The van der Waals surface area contributed by atoms with E-state index in [9.17, 15) is 4.79 Å². The molecule has 0 spiro atoms. The lowest BCUT2D eigenvalue weighted by molar-refractivity contribution is -0.127. The highest BCUT2D eigenvalue weighted by Gasteiger charge is 2.28. The molecule has 0 aliphatic carbocycles. The minimum Gasteiger partial charge on any atom is -0.342 e. The molecule has 1 saturated heterocycles.